The summed E-state index contributed by atoms with van der Waals surface area (Å²) in [6.45, 7) is 6.31. The van der Waals surface area contributed by atoms with E-state index in [1.807, 2.05) is 32.0 Å². The second kappa shape index (κ2) is 9.64. The monoisotopic (exact) mass is 413 g/mol. The molecule has 0 spiro atoms. The Labute approximate surface area is 173 Å². The number of para-hydroxylation sites is 1. The summed E-state index contributed by atoms with van der Waals surface area (Å²) in [5.74, 6) is -1.85. The lowest BCUT2D eigenvalue weighted by atomic mass is 10.1. The summed E-state index contributed by atoms with van der Waals surface area (Å²) in [6.07, 6.45) is -1.15. The fraction of sp³-hybridized carbons (Fsp3) is 0.286. The quantitative estimate of drug-likeness (QED) is 0.408. The van der Waals surface area contributed by atoms with E-state index in [2.05, 4.69) is 10.6 Å². The van der Waals surface area contributed by atoms with Crippen molar-refractivity contribution in [2.24, 2.45) is 0 Å². The first-order chi connectivity index (χ1) is 14.1. The van der Waals surface area contributed by atoms with Crippen molar-refractivity contribution in [3.05, 3.63) is 68.8 Å². The van der Waals surface area contributed by atoms with Crippen molar-refractivity contribution >= 4 is 29.2 Å². The second-order valence-electron chi connectivity index (χ2n) is 6.84. The van der Waals surface area contributed by atoms with Crippen molar-refractivity contribution in [2.75, 3.05) is 11.9 Å². The Balaban J connectivity index is 1.90. The van der Waals surface area contributed by atoms with Gasteiger partial charge in [0, 0.05) is 17.3 Å². The number of anilines is 1. The summed E-state index contributed by atoms with van der Waals surface area (Å²) in [7, 11) is 0. The van der Waals surface area contributed by atoms with Gasteiger partial charge in [-0.1, -0.05) is 18.2 Å². The van der Waals surface area contributed by atoms with Crippen molar-refractivity contribution in [2.45, 2.75) is 33.8 Å². The maximum absolute atomic E-state index is 12.2. The fourth-order valence-corrected chi connectivity index (χ4v) is 2.78. The SMILES string of the molecule is Cc1cc(C(=O)O[C@H](C)C(=O)NCC(=O)Nc2c(C)cccc2C)ccc1[N+](=O)[O-]. The Bertz CT molecular complexity index is 982. The van der Waals surface area contributed by atoms with E-state index in [4.69, 9.17) is 4.74 Å². The highest BCUT2D eigenvalue weighted by molar-refractivity contribution is 5.97. The molecule has 0 fully saturated rings. The van der Waals surface area contributed by atoms with Crippen LogP contribution < -0.4 is 10.6 Å². The van der Waals surface area contributed by atoms with Gasteiger partial charge in [0.05, 0.1) is 17.0 Å². The van der Waals surface area contributed by atoms with Crippen molar-refractivity contribution in [3.8, 4) is 0 Å². The zero-order valence-electron chi connectivity index (χ0n) is 17.1. The van der Waals surface area contributed by atoms with Crippen LogP contribution in [0.15, 0.2) is 36.4 Å². The number of carbonyl (C=O) groups is 3. The number of hydrogen-bond donors (Lipinski definition) is 2. The molecule has 0 aliphatic heterocycles. The highest BCUT2D eigenvalue weighted by atomic mass is 16.6. The Morgan fingerprint density at radius 2 is 1.70 bits per heavy atom. The molecule has 0 saturated heterocycles. The van der Waals surface area contributed by atoms with Gasteiger partial charge in [0.25, 0.3) is 11.6 Å². The molecule has 0 radical (unpaired) electrons. The molecule has 9 nitrogen and oxygen atoms in total. The van der Waals surface area contributed by atoms with E-state index in [9.17, 15) is 24.5 Å². The Kier molecular flexibility index (Phi) is 7.24. The summed E-state index contributed by atoms with van der Waals surface area (Å²) in [6, 6.07) is 9.39. The number of nitro benzene ring substituents is 1. The van der Waals surface area contributed by atoms with Crippen LogP contribution in [-0.2, 0) is 14.3 Å². The van der Waals surface area contributed by atoms with Crippen LogP contribution in [0.1, 0.15) is 34.0 Å². The average Bonchev–Trinajstić information content (AvgIpc) is 2.68. The van der Waals surface area contributed by atoms with Crippen molar-refractivity contribution < 1.29 is 24.0 Å². The van der Waals surface area contributed by atoms with Crippen LogP contribution in [0.4, 0.5) is 11.4 Å². The van der Waals surface area contributed by atoms with Crippen LogP contribution in [0.25, 0.3) is 0 Å². The molecule has 2 rings (SSSR count). The van der Waals surface area contributed by atoms with Crippen molar-refractivity contribution in [1.82, 2.24) is 5.32 Å². The minimum atomic E-state index is -1.15. The van der Waals surface area contributed by atoms with Crippen LogP contribution in [0.3, 0.4) is 0 Å². The summed E-state index contributed by atoms with van der Waals surface area (Å²) < 4.78 is 5.09. The van der Waals surface area contributed by atoms with Crippen LogP contribution in [-0.4, -0.2) is 35.4 Å². The number of benzene rings is 2. The third kappa shape index (κ3) is 5.63. The molecule has 30 heavy (non-hydrogen) atoms. The normalized spacial score (nSPS) is 11.3. The molecule has 0 aromatic heterocycles. The number of nitro groups is 1. The number of nitrogens with zero attached hydrogens (tertiary/aromatic N) is 1. The predicted octanol–water partition coefficient (Wildman–Crippen LogP) is 2.82. The molecule has 2 aromatic rings. The van der Waals surface area contributed by atoms with Gasteiger partial charge >= 0.3 is 5.97 Å². The van der Waals surface area contributed by atoms with Crippen molar-refractivity contribution in [1.29, 1.82) is 0 Å². The number of amides is 2. The van der Waals surface area contributed by atoms with Gasteiger partial charge in [-0.15, -0.1) is 0 Å². The Morgan fingerprint density at radius 3 is 2.27 bits per heavy atom. The van der Waals surface area contributed by atoms with Crippen molar-refractivity contribution in [3.63, 3.8) is 0 Å². The molecule has 2 amide bonds. The van der Waals surface area contributed by atoms with Gasteiger partial charge in [0.15, 0.2) is 6.10 Å². The van der Waals surface area contributed by atoms with Gasteiger partial charge in [0.1, 0.15) is 0 Å². The van der Waals surface area contributed by atoms with E-state index >= 15 is 0 Å². The lowest BCUT2D eigenvalue weighted by Gasteiger charge is -2.15. The fourth-order valence-electron chi connectivity index (χ4n) is 2.78. The summed E-state index contributed by atoms with van der Waals surface area (Å²) in [5, 5.41) is 16.0. The van der Waals surface area contributed by atoms with E-state index in [1.165, 1.54) is 32.0 Å². The van der Waals surface area contributed by atoms with E-state index < -0.39 is 28.8 Å². The van der Waals surface area contributed by atoms with E-state index in [0.717, 1.165) is 11.1 Å². The molecular formula is C21H23N3O6. The van der Waals surface area contributed by atoms with E-state index in [1.54, 1.807) is 0 Å². The minimum absolute atomic E-state index is 0.0884. The zero-order valence-corrected chi connectivity index (χ0v) is 17.1. The van der Waals surface area contributed by atoms with Gasteiger partial charge in [0.2, 0.25) is 5.91 Å². The first kappa shape index (κ1) is 22.5. The maximum Gasteiger partial charge on any atom is 0.338 e. The van der Waals surface area contributed by atoms with Gasteiger partial charge in [-0.25, -0.2) is 4.79 Å². The van der Waals surface area contributed by atoms with Crippen LogP contribution in [0, 0.1) is 30.9 Å². The number of hydrogen-bond acceptors (Lipinski definition) is 6. The third-order valence-electron chi connectivity index (χ3n) is 4.45. The number of carbonyl (C=O) groups excluding carboxylic acids is 3. The van der Waals surface area contributed by atoms with E-state index in [-0.39, 0.29) is 17.8 Å². The molecule has 2 N–H and O–H groups in total. The van der Waals surface area contributed by atoms with Gasteiger partial charge < -0.3 is 15.4 Å². The van der Waals surface area contributed by atoms with E-state index in [0.29, 0.717) is 11.3 Å². The first-order valence-electron chi connectivity index (χ1n) is 9.20. The lowest BCUT2D eigenvalue weighted by Crippen LogP contribution is -2.40. The lowest BCUT2D eigenvalue weighted by molar-refractivity contribution is -0.385. The molecule has 0 aliphatic carbocycles. The number of esters is 1. The molecule has 2 aromatic carbocycles. The topological polar surface area (TPSA) is 128 Å². The summed E-state index contributed by atoms with van der Waals surface area (Å²) in [4.78, 5) is 46.8. The molecule has 9 heteroatoms. The van der Waals surface area contributed by atoms with Gasteiger partial charge in [-0.05, 0) is 51.0 Å². The standard InChI is InChI=1S/C21H23N3O6/c1-12-6-5-7-13(2)19(12)23-18(25)11-22-20(26)15(4)30-21(27)16-8-9-17(24(28)29)14(3)10-16/h5-10,15H,11H2,1-4H3,(H,22,26)(H,23,25)/t15-/m1/s1. The van der Waals surface area contributed by atoms with Crippen LogP contribution in [0.5, 0.6) is 0 Å². The maximum atomic E-state index is 12.2. The molecule has 1 atom stereocenters. The molecule has 0 unspecified atom stereocenters. The smallest absolute Gasteiger partial charge is 0.338 e. The molecular weight excluding hydrogens is 390 g/mol. The number of nitrogens with one attached hydrogen (secondary N) is 2. The Hall–Kier alpha value is -3.75. The summed E-state index contributed by atoms with van der Waals surface area (Å²) >= 11 is 0. The number of aryl methyl sites for hydroxylation is 3. The van der Waals surface area contributed by atoms with Crippen LogP contribution >= 0.6 is 0 Å². The predicted molar refractivity (Wildman–Crippen MR) is 110 cm³/mol. The molecule has 0 bridgehead atoms. The van der Waals surface area contributed by atoms with Gasteiger partial charge in [-0.3, -0.25) is 19.7 Å². The van der Waals surface area contributed by atoms with Crippen LogP contribution in [0.2, 0.25) is 0 Å². The summed E-state index contributed by atoms with van der Waals surface area (Å²) in [5.41, 5.74) is 2.75. The van der Waals surface area contributed by atoms with Gasteiger partial charge in [-0.2, -0.15) is 0 Å². The third-order valence-corrected chi connectivity index (χ3v) is 4.45. The average molecular weight is 413 g/mol. The molecule has 0 saturated carbocycles. The largest absolute Gasteiger partial charge is 0.449 e. The highest BCUT2D eigenvalue weighted by Crippen LogP contribution is 2.20. The second-order valence-corrected chi connectivity index (χ2v) is 6.84. The number of rotatable bonds is 7. The molecule has 0 heterocycles. The highest BCUT2D eigenvalue weighted by Gasteiger charge is 2.21. The molecule has 158 valence electrons. The number of ether oxygens (including phenoxy) is 1. The molecule has 0 aliphatic rings. The zero-order chi connectivity index (χ0) is 22.4. The minimum Gasteiger partial charge on any atom is -0.449 e. The first-order valence-corrected chi connectivity index (χ1v) is 9.20. The Morgan fingerprint density at radius 1 is 1.07 bits per heavy atom.